The summed E-state index contributed by atoms with van der Waals surface area (Å²) in [7, 11) is -4.82. The Hall–Kier alpha value is -2.57. The van der Waals surface area contributed by atoms with Crippen LogP contribution in [0.1, 0.15) is 66.7 Å². The van der Waals surface area contributed by atoms with Crippen LogP contribution >= 0.6 is 34.5 Å². The van der Waals surface area contributed by atoms with E-state index in [0.717, 1.165) is 19.1 Å². The van der Waals surface area contributed by atoms with Crippen LogP contribution in [0.3, 0.4) is 0 Å². The minimum absolute atomic E-state index is 0.0423. The lowest BCUT2D eigenvalue weighted by molar-refractivity contribution is -0.151. The molecule has 0 saturated carbocycles. The van der Waals surface area contributed by atoms with Crippen LogP contribution < -0.4 is 15.6 Å². The predicted molar refractivity (Wildman–Crippen MR) is 155 cm³/mol. The number of likely N-dealkylation sites (tertiary alicyclic amines) is 1. The molecule has 1 atom stereocenters. The average Bonchev–Trinajstić information content (AvgIpc) is 3.35. The number of rotatable bonds is 9. The maximum absolute atomic E-state index is 13.7. The van der Waals surface area contributed by atoms with Gasteiger partial charge in [0.1, 0.15) is 22.8 Å². The molecule has 3 amide bonds. The Morgan fingerprint density at radius 2 is 1.75 bits per heavy atom. The van der Waals surface area contributed by atoms with Crippen molar-refractivity contribution in [3.63, 3.8) is 0 Å². The lowest BCUT2D eigenvalue weighted by Crippen LogP contribution is -2.44. The van der Waals surface area contributed by atoms with Gasteiger partial charge in [0.25, 0.3) is 11.8 Å². The number of piperidine rings is 1. The molecule has 1 fully saturated rings. The van der Waals surface area contributed by atoms with Crippen molar-refractivity contribution in [1.29, 1.82) is 0 Å². The Morgan fingerprint density at radius 3 is 2.30 bits per heavy atom. The smallest absolute Gasteiger partial charge is 0.390 e. The first-order valence-electron chi connectivity index (χ1n) is 13.1. The normalized spacial score (nSPS) is 15.6. The second-order valence-electron chi connectivity index (χ2n) is 10.5. The van der Waals surface area contributed by atoms with Crippen LogP contribution in [-0.2, 0) is 14.8 Å². The SMILES string of the molecule is CCC(NS(=O)(=O)c1ccc(-c2sc(C(=O)NNC(=O)CC(C)(C)O)nc2C(=O)N2CCC(F)CC2)c(Cl)c1Cl)C(F)(F)F. The second kappa shape index (κ2) is 13.8. The Bertz CT molecular complexity index is 1520. The summed E-state index contributed by atoms with van der Waals surface area (Å²) in [5.41, 5.74) is 2.48. The number of nitrogens with zero attached hydrogens (tertiary/aromatic N) is 2. The van der Waals surface area contributed by atoms with E-state index in [0.29, 0.717) is 11.3 Å². The molecule has 4 N–H and O–H groups in total. The van der Waals surface area contributed by atoms with E-state index in [1.54, 1.807) is 4.72 Å². The van der Waals surface area contributed by atoms with E-state index in [2.05, 4.69) is 15.8 Å². The first-order valence-corrected chi connectivity index (χ1v) is 16.1. The first kappa shape index (κ1) is 35.9. The molecule has 0 radical (unpaired) electrons. The van der Waals surface area contributed by atoms with E-state index in [9.17, 15) is 45.5 Å². The molecule has 0 spiro atoms. The van der Waals surface area contributed by atoms with Gasteiger partial charge in [-0.3, -0.25) is 25.2 Å². The van der Waals surface area contributed by atoms with E-state index in [1.807, 2.05) is 0 Å². The highest BCUT2D eigenvalue weighted by Crippen LogP contribution is 2.42. The molecular weight excluding hydrogens is 677 g/mol. The van der Waals surface area contributed by atoms with Crippen molar-refractivity contribution in [3.05, 3.63) is 32.9 Å². The molecule has 0 aliphatic carbocycles. The van der Waals surface area contributed by atoms with Crippen molar-refractivity contribution in [2.75, 3.05) is 13.1 Å². The van der Waals surface area contributed by atoms with E-state index >= 15 is 0 Å². The van der Waals surface area contributed by atoms with Crippen molar-refractivity contribution < 1.29 is 45.5 Å². The highest BCUT2D eigenvalue weighted by atomic mass is 35.5. The van der Waals surface area contributed by atoms with Gasteiger partial charge in [0.15, 0.2) is 5.01 Å². The Morgan fingerprint density at radius 1 is 1.14 bits per heavy atom. The molecule has 11 nitrogen and oxygen atoms in total. The fraction of sp³-hybridized carbons (Fsp3) is 0.520. The summed E-state index contributed by atoms with van der Waals surface area (Å²) >= 11 is 13.3. The summed E-state index contributed by atoms with van der Waals surface area (Å²) in [6.07, 6.45) is -6.81. The van der Waals surface area contributed by atoms with Gasteiger partial charge in [-0.15, -0.1) is 11.3 Å². The highest BCUT2D eigenvalue weighted by Gasteiger charge is 2.41. The third kappa shape index (κ3) is 8.78. The number of carbonyl (C=O) groups is 3. The molecular formula is C25H29Cl2F4N5O6S2. The van der Waals surface area contributed by atoms with Gasteiger partial charge in [0.2, 0.25) is 15.9 Å². The Kier molecular flexibility index (Phi) is 11.3. The molecule has 44 heavy (non-hydrogen) atoms. The predicted octanol–water partition coefficient (Wildman–Crippen LogP) is 4.23. The molecule has 1 aliphatic rings. The number of aliphatic hydroxyl groups is 1. The Labute approximate surface area is 264 Å². The number of hydrogen-bond acceptors (Lipinski definition) is 8. The molecule has 1 unspecified atom stereocenters. The molecule has 1 aromatic heterocycles. The lowest BCUT2D eigenvalue weighted by atomic mass is 10.1. The van der Waals surface area contributed by atoms with Gasteiger partial charge in [-0.05, 0) is 39.2 Å². The lowest BCUT2D eigenvalue weighted by Gasteiger charge is -2.28. The number of nitrogens with one attached hydrogen (secondary N) is 3. The maximum Gasteiger partial charge on any atom is 0.404 e. The van der Waals surface area contributed by atoms with Gasteiger partial charge in [0, 0.05) is 18.7 Å². The number of benzene rings is 1. The van der Waals surface area contributed by atoms with E-state index < -0.39 is 73.1 Å². The third-order valence-corrected chi connectivity index (χ3v) is 9.92. The van der Waals surface area contributed by atoms with Crippen LogP contribution in [0, 0.1) is 0 Å². The number of hydrogen-bond donors (Lipinski definition) is 4. The number of thiazole rings is 1. The van der Waals surface area contributed by atoms with Crippen LogP contribution in [0.5, 0.6) is 0 Å². The van der Waals surface area contributed by atoms with Gasteiger partial charge in [-0.25, -0.2) is 17.8 Å². The fourth-order valence-electron chi connectivity index (χ4n) is 4.11. The minimum Gasteiger partial charge on any atom is -0.390 e. The summed E-state index contributed by atoms with van der Waals surface area (Å²) in [5.74, 6) is -2.39. The molecule has 1 saturated heterocycles. The molecule has 244 valence electrons. The van der Waals surface area contributed by atoms with Crippen molar-refractivity contribution in [2.24, 2.45) is 0 Å². The summed E-state index contributed by atoms with van der Waals surface area (Å²) in [6.45, 7) is 3.99. The molecule has 2 aromatic rings. The minimum atomic E-state index is -4.88. The quantitative estimate of drug-likeness (QED) is 0.225. The summed E-state index contributed by atoms with van der Waals surface area (Å²) in [5, 5.41) is 8.34. The van der Waals surface area contributed by atoms with Crippen molar-refractivity contribution in [3.8, 4) is 10.4 Å². The number of sulfonamides is 1. The average molecular weight is 707 g/mol. The number of hydrazine groups is 1. The first-order chi connectivity index (χ1) is 20.2. The molecule has 1 aromatic carbocycles. The third-order valence-electron chi connectivity index (χ3n) is 6.33. The summed E-state index contributed by atoms with van der Waals surface area (Å²) in [4.78, 5) is 43.0. The van der Waals surface area contributed by atoms with Crippen LogP contribution in [0.2, 0.25) is 10.0 Å². The zero-order chi connectivity index (χ0) is 33.2. The van der Waals surface area contributed by atoms with Gasteiger partial charge >= 0.3 is 6.18 Å². The number of amides is 3. The molecule has 3 rings (SSSR count). The van der Waals surface area contributed by atoms with E-state index in [1.165, 1.54) is 18.7 Å². The number of alkyl halides is 4. The number of halogens is 6. The molecule has 1 aliphatic heterocycles. The molecule has 19 heteroatoms. The van der Waals surface area contributed by atoms with Crippen molar-refractivity contribution in [1.82, 2.24) is 25.5 Å². The highest BCUT2D eigenvalue weighted by molar-refractivity contribution is 7.89. The maximum atomic E-state index is 13.7. The number of aromatic nitrogens is 1. The largest absolute Gasteiger partial charge is 0.404 e. The summed E-state index contributed by atoms with van der Waals surface area (Å²) < 4.78 is 80.7. The van der Waals surface area contributed by atoms with E-state index in [-0.39, 0.29) is 53.5 Å². The van der Waals surface area contributed by atoms with Crippen molar-refractivity contribution in [2.45, 2.75) is 75.3 Å². The fourth-order valence-corrected chi connectivity index (χ4v) is 7.32. The van der Waals surface area contributed by atoms with E-state index in [4.69, 9.17) is 23.2 Å². The van der Waals surface area contributed by atoms with Crippen LogP contribution in [0.4, 0.5) is 17.6 Å². The second-order valence-corrected chi connectivity index (χ2v) is 14.0. The molecule has 2 heterocycles. The van der Waals surface area contributed by atoms with Crippen LogP contribution in [-0.4, -0.2) is 78.2 Å². The topological polar surface area (TPSA) is 158 Å². The zero-order valence-electron chi connectivity index (χ0n) is 23.5. The molecule has 0 bridgehead atoms. The van der Waals surface area contributed by atoms with Gasteiger partial charge in [0.05, 0.1) is 26.9 Å². The van der Waals surface area contributed by atoms with Crippen LogP contribution in [0.15, 0.2) is 17.0 Å². The van der Waals surface area contributed by atoms with Gasteiger partial charge in [-0.1, -0.05) is 36.2 Å². The Balaban J connectivity index is 2.02. The van der Waals surface area contributed by atoms with Crippen LogP contribution in [0.25, 0.3) is 10.4 Å². The zero-order valence-corrected chi connectivity index (χ0v) is 26.7. The van der Waals surface area contributed by atoms with Crippen molar-refractivity contribution >= 4 is 62.3 Å². The van der Waals surface area contributed by atoms with Gasteiger partial charge in [-0.2, -0.15) is 17.9 Å². The summed E-state index contributed by atoms with van der Waals surface area (Å²) in [6, 6.07) is -0.401. The standard InChI is InChI=1S/C25H29Cl2F4N5O6S2/c1-4-15(25(29,30)31)35-44(41,42)14-6-5-13(17(26)18(14)27)20-19(23(39)36-9-7-12(28)8-10-36)32-22(43-20)21(38)34-33-16(37)11-24(2,3)40/h5-6,12,15,35,40H,4,7-11H2,1-3H3,(H,33,37)(H,34,38). The number of carbonyl (C=O) groups excluding carboxylic acids is 3. The van der Waals surface area contributed by atoms with Gasteiger partial charge < -0.3 is 10.0 Å². The monoisotopic (exact) mass is 705 g/mol.